The summed E-state index contributed by atoms with van der Waals surface area (Å²) in [4.78, 5) is 4.78. The molecule has 0 fully saturated rings. The molecule has 0 aliphatic carbocycles. The van der Waals surface area contributed by atoms with Crippen molar-refractivity contribution in [3.63, 3.8) is 0 Å². The second-order valence-electron chi connectivity index (χ2n) is 3.50. The van der Waals surface area contributed by atoms with E-state index >= 15 is 0 Å². The highest BCUT2D eigenvalue weighted by Gasteiger charge is 2.01. The van der Waals surface area contributed by atoms with Crippen molar-refractivity contribution in [2.45, 2.75) is 0 Å². The van der Waals surface area contributed by atoms with Crippen molar-refractivity contribution in [1.29, 1.82) is 0 Å². The van der Waals surface area contributed by atoms with Gasteiger partial charge in [-0.25, -0.2) is 0 Å². The van der Waals surface area contributed by atoms with Crippen molar-refractivity contribution < 1.29 is 4.84 Å². The molecular formula is C14H13N3O. The summed E-state index contributed by atoms with van der Waals surface area (Å²) in [6, 6.07) is 19.1. The summed E-state index contributed by atoms with van der Waals surface area (Å²) in [5.74, 6) is 0.446. The molecular weight excluding hydrogens is 226 g/mol. The minimum absolute atomic E-state index is 0.446. The molecule has 0 atom stereocenters. The molecule has 0 radical (unpaired) electrons. The fourth-order valence-corrected chi connectivity index (χ4v) is 1.40. The summed E-state index contributed by atoms with van der Waals surface area (Å²) in [7, 11) is 1.49. The van der Waals surface area contributed by atoms with Crippen LogP contribution in [-0.2, 0) is 4.84 Å². The minimum Gasteiger partial charge on any atom is -0.397 e. The summed E-state index contributed by atoms with van der Waals surface area (Å²) in [5.41, 5.74) is 1.64. The maximum absolute atomic E-state index is 4.78. The Hall–Kier alpha value is -2.49. The second-order valence-corrected chi connectivity index (χ2v) is 3.50. The van der Waals surface area contributed by atoms with Crippen molar-refractivity contribution in [1.82, 2.24) is 0 Å². The molecule has 0 unspecified atom stereocenters. The van der Waals surface area contributed by atoms with E-state index in [1.54, 1.807) is 0 Å². The van der Waals surface area contributed by atoms with Crippen molar-refractivity contribution in [2.24, 2.45) is 15.4 Å². The van der Waals surface area contributed by atoms with E-state index in [9.17, 15) is 0 Å². The standard InChI is InChI=1S/C14H13N3O/c1-18-17-14(12-8-4-2-5-9-12)16-15-13-10-6-3-7-11-13/h2-11H,1H3. The lowest BCUT2D eigenvalue weighted by Gasteiger charge is -1.98. The van der Waals surface area contributed by atoms with Crippen LogP contribution in [0.25, 0.3) is 0 Å². The largest absolute Gasteiger partial charge is 0.397 e. The molecule has 18 heavy (non-hydrogen) atoms. The average Bonchev–Trinajstić information content (AvgIpc) is 2.45. The summed E-state index contributed by atoms with van der Waals surface area (Å²) < 4.78 is 0. The van der Waals surface area contributed by atoms with Crippen molar-refractivity contribution >= 4 is 11.5 Å². The predicted molar refractivity (Wildman–Crippen MR) is 70.9 cm³/mol. The molecule has 0 saturated carbocycles. The van der Waals surface area contributed by atoms with Gasteiger partial charge in [-0.1, -0.05) is 53.7 Å². The van der Waals surface area contributed by atoms with Gasteiger partial charge >= 0.3 is 0 Å². The normalized spacial score (nSPS) is 11.7. The predicted octanol–water partition coefficient (Wildman–Crippen LogP) is 3.78. The van der Waals surface area contributed by atoms with Gasteiger partial charge in [-0.05, 0) is 12.1 Å². The van der Waals surface area contributed by atoms with Crippen LogP contribution in [0.2, 0.25) is 0 Å². The van der Waals surface area contributed by atoms with Crippen LogP contribution in [0, 0.1) is 0 Å². The first-order valence-corrected chi connectivity index (χ1v) is 5.53. The van der Waals surface area contributed by atoms with E-state index in [4.69, 9.17) is 4.84 Å². The molecule has 0 spiro atoms. The Bertz CT molecular complexity index is 535. The molecule has 4 heteroatoms. The number of nitrogens with zero attached hydrogens (tertiary/aromatic N) is 3. The Labute approximate surface area is 106 Å². The molecule has 0 heterocycles. The number of hydrogen-bond donors (Lipinski definition) is 0. The lowest BCUT2D eigenvalue weighted by Crippen LogP contribution is -1.96. The SMILES string of the molecule is CON=C(N=Nc1ccccc1)c1ccccc1. The fraction of sp³-hybridized carbons (Fsp3) is 0.0714. The van der Waals surface area contributed by atoms with E-state index < -0.39 is 0 Å². The molecule has 2 aromatic carbocycles. The Morgan fingerprint density at radius 2 is 1.50 bits per heavy atom. The van der Waals surface area contributed by atoms with E-state index in [0.717, 1.165) is 11.3 Å². The fourth-order valence-electron chi connectivity index (χ4n) is 1.40. The maximum atomic E-state index is 4.78. The third-order valence-corrected chi connectivity index (χ3v) is 2.23. The highest BCUT2D eigenvalue weighted by molar-refractivity contribution is 5.98. The molecule has 0 aromatic heterocycles. The van der Waals surface area contributed by atoms with Gasteiger partial charge in [0.1, 0.15) is 7.11 Å². The topological polar surface area (TPSA) is 46.3 Å². The smallest absolute Gasteiger partial charge is 0.220 e. The number of rotatable bonds is 3. The van der Waals surface area contributed by atoms with Gasteiger partial charge in [-0.2, -0.15) is 0 Å². The van der Waals surface area contributed by atoms with Crippen LogP contribution >= 0.6 is 0 Å². The van der Waals surface area contributed by atoms with Crippen LogP contribution in [0.15, 0.2) is 76.0 Å². The monoisotopic (exact) mass is 239 g/mol. The molecule has 0 amide bonds. The van der Waals surface area contributed by atoms with Gasteiger partial charge in [-0.15, -0.1) is 10.2 Å². The first-order valence-electron chi connectivity index (χ1n) is 5.53. The average molecular weight is 239 g/mol. The first-order chi connectivity index (χ1) is 8.90. The summed E-state index contributed by atoms with van der Waals surface area (Å²) in [6.45, 7) is 0. The van der Waals surface area contributed by atoms with E-state index in [1.165, 1.54) is 7.11 Å². The molecule has 2 aromatic rings. The highest BCUT2D eigenvalue weighted by Crippen LogP contribution is 2.12. The molecule has 90 valence electrons. The van der Waals surface area contributed by atoms with Crippen LogP contribution in [0.4, 0.5) is 5.69 Å². The lowest BCUT2D eigenvalue weighted by atomic mass is 10.2. The van der Waals surface area contributed by atoms with E-state index in [-0.39, 0.29) is 0 Å². The number of hydrogen-bond acceptors (Lipinski definition) is 3. The van der Waals surface area contributed by atoms with E-state index in [1.807, 2.05) is 60.7 Å². The highest BCUT2D eigenvalue weighted by atomic mass is 16.6. The van der Waals surface area contributed by atoms with Gasteiger partial charge in [0, 0.05) is 5.56 Å². The molecule has 0 saturated heterocycles. The van der Waals surface area contributed by atoms with Gasteiger partial charge in [0.15, 0.2) is 0 Å². The van der Waals surface area contributed by atoms with Crippen molar-refractivity contribution in [3.8, 4) is 0 Å². The molecule has 0 aliphatic heterocycles. The van der Waals surface area contributed by atoms with E-state index in [2.05, 4.69) is 15.4 Å². The van der Waals surface area contributed by atoms with Crippen molar-refractivity contribution in [3.05, 3.63) is 66.2 Å². The van der Waals surface area contributed by atoms with Gasteiger partial charge in [0.25, 0.3) is 0 Å². The van der Waals surface area contributed by atoms with Crippen LogP contribution in [0.3, 0.4) is 0 Å². The summed E-state index contributed by atoms with van der Waals surface area (Å²) >= 11 is 0. The van der Waals surface area contributed by atoms with Gasteiger partial charge in [0.05, 0.1) is 5.69 Å². The van der Waals surface area contributed by atoms with Gasteiger partial charge in [0.2, 0.25) is 5.84 Å². The van der Waals surface area contributed by atoms with Crippen LogP contribution in [0.1, 0.15) is 5.56 Å². The third kappa shape index (κ3) is 3.25. The molecule has 2 rings (SSSR count). The first kappa shape index (κ1) is 12.0. The molecule has 0 bridgehead atoms. The molecule has 0 N–H and O–H groups in total. The maximum Gasteiger partial charge on any atom is 0.220 e. The number of azo groups is 1. The molecule has 4 nitrogen and oxygen atoms in total. The quantitative estimate of drug-likeness (QED) is 0.348. The number of benzene rings is 2. The lowest BCUT2D eigenvalue weighted by molar-refractivity contribution is 0.213. The second kappa shape index (κ2) is 6.30. The van der Waals surface area contributed by atoms with Crippen LogP contribution in [0.5, 0.6) is 0 Å². The summed E-state index contributed by atoms with van der Waals surface area (Å²) in [6.07, 6.45) is 0. The van der Waals surface area contributed by atoms with Crippen LogP contribution < -0.4 is 0 Å². The molecule has 0 aliphatic rings. The summed E-state index contributed by atoms with van der Waals surface area (Å²) in [5, 5.41) is 12.1. The van der Waals surface area contributed by atoms with Crippen LogP contribution in [-0.4, -0.2) is 12.9 Å². The zero-order valence-electron chi connectivity index (χ0n) is 10.0. The van der Waals surface area contributed by atoms with Gasteiger partial charge < -0.3 is 4.84 Å². The number of amidine groups is 1. The minimum atomic E-state index is 0.446. The Kier molecular flexibility index (Phi) is 4.19. The van der Waals surface area contributed by atoms with Gasteiger partial charge in [-0.3, -0.25) is 0 Å². The Balaban J connectivity index is 2.23. The zero-order valence-corrected chi connectivity index (χ0v) is 10.0. The number of oxime groups is 1. The Morgan fingerprint density at radius 1 is 0.889 bits per heavy atom. The Morgan fingerprint density at radius 3 is 2.11 bits per heavy atom. The van der Waals surface area contributed by atoms with E-state index in [0.29, 0.717) is 5.84 Å². The zero-order chi connectivity index (χ0) is 12.6. The van der Waals surface area contributed by atoms with Crippen molar-refractivity contribution in [2.75, 3.05) is 7.11 Å². The third-order valence-electron chi connectivity index (χ3n) is 2.23.